The SMILES string of the molecule is C=CC(C)N(CCC(C)(C)C)C(C)C1CC1. The van der Waals surface area contributed by atoms with E-state index >= 15 is 0 Å². The molecule has 0 heterocycles. The minimum Gasteiger partial charge on any atom is -0.294 e. The normalized spacial score (nSPS) is 20.9. The molecular weight excluding hydrogens is 194 g/mol. The van der Waals surface area contributed by atoms with E-state index in [1.165, 1.54) is 25.8 Å². The highest BCUT2D eigenvalue weighted by Crippen LogP contribution is 2.36. The topological polar surface area (TPSA) is 3.24 Å². The second-order valence-electron chi connectivity index (χ2n) is 6.60. The molecule has 1 rings (SSSR count). The van der Waals surface area contributed by atoms with Crippen molar-refractivity contribution in [1.82, 2.24) is 4.90 Å². The Hall–Kier alpha value is -0.300. The summed E-state index contributed by atoms with van der Waals surface area (Å²) in [7, 11) is 0. The number of rotatable bonds is 6. The van der Waals surface area contributed by atoms with Crippen LogP contribution in [0.3, 0.4) is 0 Å². The summed E-state index contributed by atoms with van der Waals surface area (Å²) in [6.45, 7) is 16.8. The zero-order valence-electron chi connectivity index (χ0n) is 11.8. The van der Waals surface area contributed by atoms with Crippen molar-refractivity contribution in [2.45, 2.75) is 66.0 Å². The van der Waals surface area contributed by atoms with E-state index in [1.54, 1.807) is 0 Å². The molecule has 0 amide bonds. The van der Waals surface area contributed by atoms with Gasteiger partial charge in [0, 0.05) is 12.1 Å². The van der Waals surface area contributed by atoms with E-state index in [2.05, 4.69) is 52.2 Å². The zero-order valence-corrected chi connectivity index (χ0v) is 11.8. The monoisotopic (exact) mass is 223 g/mol. The molecule has 1 aliphatic carbocycles. The van der Waals surface area contributed by atoms with Gasteiger partial charge in [0.25, 0.3) is 0 Å². The Labute approximate surface area is 102 Å². The highest BCUT2D eigenvalue weighted by Gasteiger charge is 2.33. The Morgan fingerprint density at radius 2 is 1.88 bits per heavy atom. The van der Waals surface area contributed by atoms with Crippen LogP contribution >= 0.6 is 0 Å². The molecule has 2 atom stereocenters. The van der Waals surface area contributed by atoms with Gasteiger partial charge in [-0.3, -0.25) is 4.90 Å². The Morgan fingerprint density at radius 3 is 2.25 bits per heavy atom. The fraction of sp³-hybridized carbons (Fsp3) is 0.867. The van der Waals surface area contributed by atoms with Crippen LogP contribution < -0.4 is 0 Å². The Balaban J connectivity index is 2.52. The first kappa shape index (κ1) is 13.8. The molecule has 1 nitrogen and oxygen atoms in total. The van der Waals surface area contributed by atoms with Gasteiger partial charge in [-0.1, -0.05) is 26.8 Å². The van der Waals surface area contributed by atoms with Gasteiger partial charge in [0.1, 0.15) is 0 Å². The lowest BCUT2D eigenvalue weighted by atomic mass is 9.91. The second kappa shape index (κ2) is 5.35. The van der Waals surface area contributed by atoms with Crippen LogP contribution in [0.1, 0.15) is 53.9 Å². The summed E-state index contributed by atoms with van der Waals surface area (Å²) in [4.78, 5) is 2.63. The van der Waals surface area contributed by atoms with Gasteiger partial charge in [0.2, 0.25) is 0 Å². The van der Waals surface area contributed by atoms with E-state index in [0.29, 0.717) is 11.5 Å². The van der Waals surface area contributed by atoms with Crippen LogP contribution in [0.2, 0.25) is 0 Å². The average Bonchev–Trinajstić information content (AvgIpc) is 2.98. The van der Waals surface area contributed by atoms with Gasteiger partial charge in [-0.2, -0.15) is 0 Å². The van der Waals surface area contributed by atoms with Crippen LogP contribution in [-0.4, -0.2) is 23.5 Å². The van der Waals surface area contributed by atoms with Crippen LogP contribution in [0.5, 0.6) is 0 Å². The fourth-order valence-electron chi connectivity index (χ4n) is 2.23. The summed E-state index contributed by atoms with van der Waals surface area (Å²) in [6.07, 6.45) is 6.21. The molecule has 1 saturated carbocycles. The van der Waals surface area contributed by atoms with Gasteiger partial charge in [-0.25, -0.2) is 0 Å². The average molecular weight is 223 g/mol. The summed E-state index contributed by atoms with van der Waals surface area (Å²) < 4.78 is 0. The molecule has 1 fully saturated rings. The standard InChI is InChI=1S/C15H29N/c1-7-12(2)16(11-10-15(4,5)6)13(3)14-8-9-14/h7,12-14H,1,8-11H2,2-6H3. The summed E-state index contributed by atoms with van der Waals surface area (Å²) in [6, 6.07) is 1.24. The summed E-state index contributed by atoms with van der Waals surface area (Å²) >= 11 is 0. The quantitative estimate of drug-likeness (QED) is 0.613. The molecule has 0 aromatic carbocycles. The van der Waals surface area contributed by atoms with Crippen molar-refractivity contribution >= 4 is 0 Å². The van der Waals surface area contributed by atoms with Crippen LogP contribution in [0.25, 0.3) is 0 Å². The molecule has 0 spiro atoms. The lowest BCUT2D eigenvalue weighted by molar-refractivity contribution is 0.141. The highest BCUT2D eigenvalue weighted by molar-refractivity contribution is 4.92. The van der Waals surface area contributed by atoms with Crippen molar-refractivity contribution in [3.8, 4) is 0 Å². The van der Waals surface area contributed by atoms with Gasteiger partial charge in [-0.05, 0) is 51.0 Å². The molecular formula is C15H29N. The number of hydrogen-bond acceptors (Lipinski definition) is 1. The first-order chi connectivity index (χ1) is 7.35. The highest BCUT2D eigenvalue weighted by atomic mass is 15.2. The van der Waals surface area contributed by atoms with E-state index in [0.717, 1.165) is 12.0 Å². The van der Waals surface area contributed by atoms with Gasteiger partial charge < -0.3 is 0 Å². The summed E-state index contributed by atoms with van der Waals surface area (Å²) in [5.74, 6) is 0.947. The van der Waals surface area contributed by atoms with Crippen molar-refractivity contribution in [1.29, 1.82) is 0 Å². The van der Waals surface area contributed by atoms with E-state index in [1.807, 2.05) is 0 Å². The Kier molecular flexibility index (Phi) is 4.61. The van der Waals surface area contributed by atoms with Gasteiger partial charge in [-0.15, -0.1) is 6.58 Å². The van der Waals surface area contributed by atoms with E-state index < -0.39 is 0 Å². The van der Waals surface area contributed by atoms with Crippen LogP contribution in [0.4, 0.5) is 0 Å². The van der Waals surface area contributed by atoms with Crippen LogP contribution in [0, 0.1) is 11.3 Å². The minimum absolute atomic E-state index is 0.433. The lowest BCUT2D eigenvalue weighted by Gasteiger charge is -2.35. The number of nitrogens with zero attached hydrogens (tertiary/aromatic N) is 1. The molecule has 16 heavy (non-hydrogen) atoms. The zero-order chi connectivity index (χ0) is 12.3. The molecule has 94 valence electrons. The molecule has 1 aliphatic rings. The molecule has 0 aliphatic heterocycles. The maximum absolute atomic E-state index is 3.95. The molecule has 0 aromatic rings. The minimum atomic E-state index is 0.433. The van der Waals surface area contributed by atoms with Gasteiger partial charge in [0.15, 0.2) is 0 Å². The van der Waals surface area contributed by atoms with Gasteiger partial charge >= 0.3 is 0 Å². The molecule has 0 N–H and O–H groups in total. The first-order valence-corrected chi connectivity index (χ1v) is 6.73. The third kappa shape index (κ3) is 4.29. The molecule has 1 heteroatoms. The smallest absolute Gasteiger partial charge is 0.0250 e. The largest absolute Gasteiger partial charge is 0.294 e. The lowest BCUT2D eigenvalue weighted by Crippen LogP contribution is -2.42. The Morgan fingerprint density at radius 1 is 1.31 bits per heavy atom. The third-order valence-electron chi connectivity index (χ3n) is 3.81. The second-order valence-corrected chi connectivity index (χ2v) is 6.60. The molecule has 0 saturated heterocycles. The Bertz CT molecular complexity index is 222. The predicted molar refractivity (Wildman–Crippen MR) is 72.6 cm³/mol. The molecule has 0 radical (unpaired) electrons. The third-order valence-corrected chi connectivity index (χ3v) is 3.81. The molecule has 2 unspecified atom stereocenters. The van der Waals surface area contributed by atoms with E-state index in [9.17, 15) is 0 Å². The maximum Gasteiger partial charge on any atom is 0.0250 e. The molecule has 0 bridgehead atoms. The number of hydrogen-bond donors (Lipinski definition) is 0. The predicted octanol–water partition coefficient (Wildman–Crippen LogP) is 4.10. The van der Waals surface area contributed by atoms with E-state index in [4.69, 9.17) is 0 Å². The summed E-state index contributed by atoms with van der Waals surface area (Å²) in [5.41, 5.74) is 0.433. The van der Waals surface area contributed by atoms with Crippen molar-refractivity contribution in [2.24, 2.45) is 11.3 Å². The van der Waals surface area contributed by atoms with Crippen molar-refractivity contribution < 1.29 is 0 Å². The van der Waals surface area contributed by atoms with Crippen molar-refractivity contribution in [2.75, 3.05) is 6.54 Å². The van der Waals surface area contributed by atoms with E-state index in [-0.39, 0.29) is 0 Å². The summed E-state index contributed by atoms with van der Waals surface area (Å²) in [5, 5.41) is 0. The molecule has 0 aromatic heterocycles. The van der Waals surface area contributed by atoms with Crippen LogP contribution in [-0.2, 0) is 0 Å². The first-order valence-electron chi connectivity index (χ1n) is 6.73. The van der Waals surface area contributed by atoms with Gasteiger partial charge in [0.05, 0.1) is 0 Å². The maximum atomic E-state index is 3.95. The van der Waals surface area contributed by atoms with Crippen LogP contribution in [0.15, 0.2) is 12.7 Å². The fourth-order valence-corrected chi connectivity index (χ4v) is 2.23. The van der Waals surface area contributed by atoms with Crippen molar-refractivity contribution in [3.05, 3.63) is 12.7 Å². The van der Waals surface area contributed by atoms with Crippen molar-refractivity contribution in [3.63, 3.8) is 0 Å².